The van der Waals surface area contributed by atoms with E-state index in [-0.39, 0.29) is 36.3 Å². The van der Waals surface area contributed by atoms with Crippen LogP contribution in [-0.4, -0.2) is 41.7 Å². The molecule has 0 aromatic heterocycles. The average Bonchev–Trinajstić information content (AvgIpc) is 2.59. The average molecular weight is 462 g/mol. The van der Waals surface area contributed by atoms with E-state index in [1.165, 1.54) is 0 Å². The minimum atomic E-state index is -0.416. The summed E-state index contributed by atoms with van der Waals surface area (Å²) < 4.78 is 1.85. The number of hydrogen-bond donors (Lipinski definition) is 2. The van der Waals surface area contributed by atoms with Crippen molar-refractivity contribution < 1.29 is 9.59 Å². The molecule has 0 saturated carbocycles. The van der Waals surface area contributed by atoms with Crippen LogP contribution in [0.25, 0.3) is 0 Å². The van der Waals surface area contributed by atoms with E-state index in [9.17, 15) is 9.59 Å². The Labute approximate surface area is 157 Å². The first kappa shape index (κ1) is 18.7. The number of benzene rings is 2. The number of carbonyl (C=O) groups excluding carboxylic acids is 2. The van der Waals surface area contributed by atoms with Crippen LogP contribution in [0.3, 0.4) is 0 Å². The molecule has 0 aliphatic rings. The summed E-state index contributed by atoms with van der Waals surface area (Å²) >= 11 is -0.460. The van der Waals surface area contributed by atoms with E-state index in [0.29, 0.717) is 11.4 Å². The van der Waals surface area contributed by atoms with E-state index >= 15 is 0 Å². The third-order valence-electron chi connectivity index (χ3n) is 2.92. The number of nitrogens with zero attached hydrogens (tertiary/aromatic N) is 2. The molecular formula is C17H12N4O2Se2. The normalized spacial score (nSPS) is 9.52. The topological polar surface area (TPSA) is 106 Å². The van der Waals surface area contributed by atoms with E-state index in [0.717, 1.165) is 8.92 Å². The SMILES string of the molecule is N#C[Se]c1ccc(NC(=O)CC(=O)Nc2ccc([Se]C#N)cc2)cc1. The second-order valence-electron chi connectivity index (χ2n) is 4.71. The molecule has 0 aliphatic heterocycles. The number of carbonyl (C=O) groups is 2. The Morgan fingerprint density at radius 1 is 0.760 bits per heavy atom. The van der Waals surface area contributed by atoms with E-state index in [1.54, 1.807) is 48.5 Å². The molecule has 0 saturated heterocycles. The molecule has 8 heteroatoms. The zero-order chi connectivity index (χ0) is 18.1. The summed E-state index contributed by atoms with van der Waals surface area (Å²) in [5.41, 5.74) is 1.16. The van der Waals surface area contributed by atoms with E-state index in [2.05, 4.69) is 20.6 Å². The summed E-state index contributed by atoms with van der Waals surface area (Å²) in [6.07, 6.45) is -0.298. The van der Waals surface area contributed by atoms with Crippen molar-refractivity contribution >= 4 is 62.0 Å². The van der Waals surface area contributed by atoms with Crippen LogP contribution in [0, 0.1) is 20.5 Å². The molecule has 25 heavy (non-hydrogen) atoms. The number of nitrogens with one attached hydrogen (secondary N) is 2. The molecule has 0 radical (unpaired) electrons. The van der Waals surface area contributed by atoms with Crippen molar-refractivity contribution in [2.45, 2.75) is 6.42 Å². The van der Waals surface area contributed by atoms with E-state index in [4.69, 9.17) is 10.5 Å². The van der Waals surface area contributed by atoms with Crippen LogP contribution in [0.4, 0.5) is 11.4 Å². The molecule has 2 amide bonds. The second-order valence-corrected chi connectivity index (χ2v) is 8.31. The van der Waals surface area contributed by atoms with Crippen molar-refractivity contribution in [3.05, 3.63) is 48.5 Å². The molecule has 2 N–H and O–H groups in total. The summed E-state index contributed by atoms with van der Waals surface area (Å²) in [6.45, 7) is 0. The van der Waals surface area contributed by atoms with Crippen LogP contribution in [0.1, 0.15) is 6.42 Å². The van der Waals surface area contributed by atoms with Gasteiger partial charge in [0.15, 0.2) is 0 Å². The molecule has 2 aromatic carbocycles. The van der Waals surface area contributed by atoms with Crippen molar-refractivity contribution in [1.82, 2.24) is 0 Å². The summed E-state index contributed by atoms with van der Waals surface area (Å²) in [4.78, 5) is 28.0. The standard InChI is InChI=1S/C17H12N4O2Se2/c18-10-24-14-5-1-12(2-6-14)20-16(22)9-17(23)21-13-3-7-15(8-4-13)25-11-19/h1-8H,9H2,(H,20,22)(H,21,23). The molecule has 0 atom stereocenters. The minimum absolute atomic E-state index is 0.230. The molecule has 0 aliphatic carbocycles. The van der Waals surface area contributed by atoms with Gasteiger partial charge in [-0.25, -0.2) is 0 Å². The molecule has 0 spiro atoms. The number of amides is 2. The van der Waals surface area contributed by atoms with Crippen LogP contribution in [-0.2, 0) is 9.59 Å². The maximum absolute atomic E-state index is 11.9. The summed E-state index contributed by atoms with van der Waals surface area (Å²) in [5.74, 6) is -0.832. The molecule has 0 bridgehead atoms. The van der Waals surface area contributed by atoms with Crippen molar-refractivity contribution in [1.29, 1.82) is 10.5 Å². The number of nitriles is 2. The molecule has 0 unspecified atom stereocenters. The van der Waals surface area contributed by atoms with Gasteiger partial charge in [-0.1, -0.05) is 0 Å². The quantitative estimate of drug-likeness (QED) is 0.475. The Balaban J connectivity index is 1.84. The number of rotatable bonds is 6. The van der Waals surface area contributed by atoms with Gasteiger partial charge in [-0.05, 0) is 0 Å². The van der Waals surface area contributed by atoms with Gasteiger partial charge in [-0.2, -0.15) is 0 Å². The Hall–Kier alpha value is -2.60. The van der Waals surface area contributed by atoms with Crippen molar-refractivity contribution in [2.24, 2.45) is 0 Å². The third-order valence-corrected chi connectivity index (χ3v) is 5.44. The molecule has 124 valence electrons. The fourth-order valence-electron chi connectivity index (χ4n) is 1.87. The van der Waals surface area contributed by atoms with E-state index in [1.807, 2.05) is 0 Å². The van der Waals surface area contributed by atoms with Gasteiger partial charge in [0.05, 0.1) is 0 Å². The zero-order valence-electron chi connectivity index (χ0n) is 12.9. The van der Waals surface area contributed by atoms with Gasteiger partial charge in [0.1, 0.15) is 0 Å². The first-order valence-corrected chi connectivity index (χ1v) is 10.4. The van der Waals surface area contributed by atoms with Crippen molar-refractivity contribution in [3.63, 3.8) is 0 Å². The van der Waals surface area contributed by atoms with Gasteiger partial charge in [0, 0.05) is 0 Å². The first-order valence-electron chi connectivity index (χ1n) is 7.02. The Kier molecular flexibility index (Phi) is 7.22. The monoisotopic (exact) mass is 464 g/mol. The summed E-state index contributed by atoms with van der Waals surface area (Å²) in [7, 11) is 0. The van der Waals surface area contributed by atoms with Crippen molar-refractivity contribution in [2.75, 3.05) is 10.6 Å². The Morgan fingerprint density at radius 3 is 1.44 bits per heavy atom. The van der Waals surface area contributed by atoms with Crippen LogP contribution in [0.5, 0.6) is 0 Å². The third kappa shape index (κ3) is 6.43. The maximum atomic E-state index is 11.9. The Morgan fingerprint density at radius 2 is 1.12 bits per heavy atom. The van der Waals surface area contributed by atoms with Crippen LogP contribution in [0.2, 0.25) is 0 Å². The predicted molar refractivity (Wildman–Crippen MR) is 96.8 cm³/mol. The van der Waals surface area contributed by atoms with Crippen LogP contribution >= 0.6 is 0 Å². The zero-order valence-corrected chi connectivity index (χ0v) is 16.3. The number of anilines is 2. The van der Waals surface area contributed by atoms with Gasteiger partial charge in [-0.3, -0.25) is 0 Å². The van der Waals surface area contributed by atoms with Gasteiger partial charge < -0.3 is 0 Å². The molecule has 2 rings (SSSR count). The van der Waals surface area contributed by atoms with Crippen LogP contribution in [0.15, 0.2) is 48.5 Å². The number of hydrogen-bond acceptors (Lipinski definition) is 4. The summed E-state index contributed by atoms with van der Waals surface area (Å²) in [6, 6.07) is 14.0. The molecule has 2 aromatic rings. The Bertz CT molecular complexity index is 765. The predicted octanol–water partition coefficient (Wildman–Crippen LogP) is 0.275. The van der Waals surface area contributed by atoms with Gasteiger partial charge >= 0.3 is 158 Å². The second kappa shape index (κ2) is 9.64. The van der Waals surface area contributed by atoms with Crippen LogP contribution < -0.4 is 19.6 Å². The van der Waals surface area contributed by atoms with Gasteiger partial charge in [0.25, 0.3) is 0 Å². The van der Waals surface area contributed by atoms with E-state index < -0.39 is 11.8 Å². The molecule has 0 fully saturated rings. The summed E-state index contributed by atoms with van der Waals surface area (Å²) in [5, 5.41) is 22.6. The molecule has 0 heterocycles. The molecular weight excluding hydrogens is 450 g/mol. The van der Waals surface area contributed by atoms with Gasteiger partial charge in [-0.15, -0.1) is 0 Å². The fraction of sp³-hybridized carbons (Fsp3) is 0.0588. The fourth-order valence-corrected chi connectivity index (χ4v) is 3.46. The first-order chi connectivity index (χ1) is 12.1. The van der Waals surface area contributed by atoms with Gasteiger partial charge in [0.2, 0.25) is 0 Å². The van der Waals surface area contributed by atoms with Crippen molar-refractivity contribution in [3.8, 4) is 9.94 Å². The molecule has 6 nitrogen and oxygen atoms in total.